The lowest BCUT2D eigenvalue weighted by atomic mass is 10.1. The maximum absolute atomic E-state index is 12.4. The molecule has 4 heteroatoms. The van der Waals surface area contributed by atoms with Crippen molar-refractivity contribution in [2.24, 2.45) is 0 Å². The van der Waals surface area contributed by atoms with Gasteiger partial charge in [0.15, 0.2) is 0 Å². The number of benzene rings is 1. The van der Waals surface area contributed by atoms with E-state index >= 15 is 0 Å². The molecule has 0 N–H and O–H groups in total. The third-order valence-electron chi connectivity index (χ3n) is 4.76. The van der Waals surface area contributed by atoms with Gasteiger partial charge in [-0.1, -0.05) is 12.1 Å². The van der Waals surface area contributed by atoms with E-state index in [0.29, 0.717) is 6.42 Å². The highest BCUT2D eigenvalue weighted by atomic mass is 32.1. The molecule has 0 unspecified atom stereocenters. The van der Waals surface area contributed by atoms with Crippen LogP contribution in [0.2, 0.25) is 0 Å². The van der Waals surface area contributed by atoms with Gasteiger partial charge in [0.25, 0.3) is 0 Å². The molecule has 1 aromatic heterocycles. The number of rotatable bonds is 4. The summed E-state index contributed by atoms with van der Waals surface area (Å²) in [5.74, 6) is 0.289. The molecule has 1 saturated heterocycles. The summed E-state index contributed by atoms with van der Waals surface area (Å²) in [7, 11) is 0. The molecule has 1 aliphatic heterocycles. The molecule has 0 bridgehead atoms. The summed E-state index contributed by atoms with van der Waals surface area (Å²) in [6, 6.07) is 8.58. The molecule has 23 heavy (non-hydrogen) atoms. The molecule has 0 atom stereocenters. The number of carbonyl (C=O) groups is 1. The summed E-state index contributed by atoms with van der Waals surface area (Å²) in [5.41, 5.74) is 5.27. The van der Waals surface area contributed by atoms with Gasteiger partial charge >= 0.3 is 0 Å². The van der Waals surface area contributed by atoms with E-state index in [0.717, 1.165) is 32.6 Å². The van der Waals surface area contributed by atoms with Crippen molar-refractivity contribution in [2.45, 2.75) is 26.7 Å². The Morgan fingerprint density at radius 2 is 1.91 bits per heavy atom. The van der Waals surface area contributed by atoms with Crippen molar-refractivity contribution in [3.63, 3.8) is 0 Å². The van der Waals surface area contributed by atoms with E-state index in [4.69, 9.17) is 0 Å². The van der Waals surface area contributed by atoms with Crippen LogP contribution in [0, 0.1) is 13.8 Å². The van der Waals surface area contributed by atoms with Crippen LogP contribution in [0.1, 0.15) is 23.1 Å². The maximum Gasteiger partial charge on any atom is 0.223 e. The number of aryl methyl sites for hydroxylation is 2. The minimum atomic E-state index is 0.289. The summed E-state index contributed by atoms with van der Waals surface area (Å²) in [6.45, 7) is 7.85. The Morgan fingerprint density at radius 1 is 1.13 bits per heavy atom. The minimum Gasteiger partial charge on any atom is -0.368 e. The molecule has 1 aliphatic rings. The third-order valence-corrected chi connectivity index (χ3v) is 5.49. The number of carbonyl (C=O) groups excluding carboxylic acids is 1. The van der Waals surface area contributed by atoms with E-state index in [1.54, 1.807) is 11.3 Å². The van der Waals surface area contributed by atoms with E-state index in [9.17, 15) is 4.79 Å². The van der Waals surface area contributed by atoms with Crippen LogP contribution >= 0.6 is 11.3 Å². The summed E-state index contributed by atoms with van der Waals surface area (Å²) >= 11 is 1.70. The molecule has 1 aromatic carbocycles. The zero-order valence-corrected chi connectivity index (χ0v) is 14.7. The SMILES string of the molecule is Cc1cccc(N2CCN(C(=O)CCc3ccsc3)CC2)c1C. The average Bonchev–Trinajstić information content (AvgIpc) is 3.09. The zero-order valence-electron chi connectivity index (χ0n) is 13.9. The number of nitrogens with zero attached hydrogens (tertiary/aromatic N) is 2. The van der Waals surface area contributed by atoms with Crippen LogP contribution in [0.25, 0.3) is 0 Å². The van der Waals surface area contributed by atoms with Crippen molar-refractivity contribution >= 4 is 22.9 Å². The molecule has 2 heterocycles. The Hall–Kier alpha value is -1.81. The Kier molecular flexibility index (Phi) is 5.01. The van der Waals surface area contributed by atoms with E-state index < -0.39 is 0 Å². The number of hydrogen-bond donors (Lipinski definition) is 0. The lowest BCUT2D eigenvalue weighted by molar-refractivity contribution is -0.131. The Morgan fingerprint density at radius 3 is 2.61 bits per heavy atom. The first-order valence-electron chi connectivity index (χ1n) is 8.25. The number of piperazine rings is 1. The van der Waals surface area contributed by atoms with Gasteiger partial charge in [-0.05, 0) is 59.9 Å². The Bertz CT molecular complexity index is 658. The normalized spacial score (nSPS) is 15.0. The van der Waals surface area contributed by atoms with Crippen LogP contribution in [0.4, 0.5) is 5.69 Å². The number of thiophene rings is 1. The van der Waals surface area contributed by atoms with Crippen LogP contribution < -0.4 is 4.90 Å². The molecule has 122 valence electrons. The standard InChI is InChI=1S/C19H24N2OS/c1-15-4-3-5-18(16(15)2)20-9-11-21(12-10-20)19(22)7-6-17-8-13-23-14-17/h3-5,8,13-14H,6-7,9-12H2,1-2H3. The monoisotopic (exact) mass is 328 g/mol. The van der Waals surface area contributed by atoms with Crippen LogP contribution in [0.3, 0.4) is 0 Å². The first kappa shape index (κ1) is 16.1. The Labute approximate surface area is 142 Å². The molecule has 3 rings (SSSR count). The second-order valence-electron chi connectivity index (χ2n) is 6.22. The molecule has 2 aromatic rings. The van der Waals surface area contributed by atoms with E-state index in [1.807, 2.05) is 4.90 Å². The zero-order chi connectivity index (χ0) is 16.2. The van der Waals surface area contributed by atoms with Crippen molar-refractivity contribution in [1.29, 1.82) is 0 Å². The van der Waals surface area contributed by atoms with Gasteiger partial charge in [-0.15, -0.1) is 0 Å². The summed E-state index contributed by atoms with van der Waals surface area (Å²) in [5, 5.41) is 4.20. The molecule has 0 aliphatic carbocycles. The molecule has 1 amide bonds. The number of anilines is 1. The fraction of sp³-hybridized carbons (Fsp3) is 0.421. The molecule has 1 fully saturated rings. The predicted octanol–water partition coefficient (Wildman–Crippen LogP) is 3.65. The van der Waals surface area contributed by atoms with E-state index in [-0.39, 0.29) is 5.91 Å². The lowest BCUT2D eigenvalue weighted by Crippen LogP contribution is -2.49. The molecule has 0 saturated carbocycles. The van der Waals surface area contributed by atoms with Crippen molar-refractivity contribution in [1.82, 2.24) is 4.90 Å². The van der Waals surface area contributed by atoms with Gasteiger partial charge in [0, 0.05) is 38.3 Å². The minimum absolute atomic E-state index is 0.289. The Balaban J connectivity index is 1.53. The smallest absolute Gasteiger partial charge is 0.223 e. The van der Waals surface area contributed by atoms with Gasteiger partial charge < -0.3 is 9.80 Å². The van der Waals surface area contributed by atoms with Gasteiger partial charge in [-0.2, -0.15) is 11.3 Å². The topological polar surface area (TPSA) is 23.6 Å². The second kappa shape index (κ2) is 7.18. The molecular formula is C19H24N2OS. The van der Waals surface area contributed by atoms with Crippen LogP contribution in [0.5, 0.6) is 0 Å². The molecular weight excluding hydrogens is 304 g/mol. The van der Waals surface area contributed by atoms with E-state index in [1.165, 1.54) is 22.4 Å². The fourth-order valence-corrected chi connectivity index (χ4v) is 3.82. The highest BCUT2D eigenvalue weighted by Gasteiger charge is 2.22. The summed E-state index contributed by atoms with van der Waals surface area (Å²) in [4.78, 5) is 16.8. The first-order chi connectivity index (χ1) is 11.1. The average molecular weight is 328 g/mol. The predicted molar refractivity (Wildman–Crippen MR) is 97.3 cm³/mol. The quantitative estimate of drug-likeness (QED) is 0.855. The van der Waals surface area contributed by atoms with Crippen molar-refractivity contribution < 1.29 is 4.79 Å². The lowest BCUT2D eigenvalue weighted by Gasteiger charge is -2.37. The van der Waals surface area contributed by atoms with Crippen molar-refractivity contribution in [2.75, 3.05) is 31.1 Å². The number of amides is 1. The second-order valence-corrected chi connectivity index (χ2v) is 7.00. The first-order valence-corrected chi connectivity index (χ1v) is 9.19. The number of hydrogen-bond acceptors (Lipinski definition) is 3. The summed E-state index contributed by atoms with van der Waals surface area (Å²) in [6.07, 6.45) is 1.49. The van der Waals surface area contributed by atoms with Gasteiger partial charge in [-0.3, -0.25) is 4.79 Å². The summed E-state index contributed by atoms with van der Waals surface area (Å²) < 4.78 is 0. The highest BCUT2D eigenvalue weighted by molar-refractivity contribution is 7.07. The third kappa shape index (κ3) is 3.75. The van der Waals surface area contributed by atoms with Gasteiger partial charge in [0.05, 0.1) is 0 Å². The molecule has 0 radical (unpaired) electrons. The molecule has 0 spiro atoms. The van der Waals surface area contributed by atoms with Crippen molar-refractivity contribution in [3.8, 4) is 0 Å². The van der Waals surface area contributed by atoms with Crippen LogP contribution in [0.15, 0.2) is 35.0 Å². The van der Waals surface area contributed by atoms with Crippen LogP contribution in [-0.2, 0) is 11.2 Å². The van der Waals surface area contributed by atoms with Gasteiger partial charge in [0.2, 0.25) is 5.91 Å². The fourth-order valence-electron chi connectivity index (χ4n) is 3.12. The van der Waals surface area contributed by atoms with Crippen LogP contribution in [-0.4, -0.2) is 37.0 Å². The van der Waals surface area contributed by atoms with E-state index in [2.05, 4.69) is 53.8 Å². The van der Waals surface area contributed by atoms with Gasteiger partial charge in [-0.25, -0.2) is 0 Å². The highest BCUT2D eigenvalue weighted by Crippen LogP contribution is 2.24. The largest absolute Gasteiger partial charge is 0.368 e. The van der Waals surface area contributed by atoms with Crippen molar-refractivity contribution in [3.05, 3.63) is 51.7 Å². The molecule has 3 nitrogen and oxygen atoms in total. The maximum atomic E-state index is 12.4. The van der Waals surface area contributed by atoms with Gasteiger partial charge in [0.1, 0.15) is 0 Å².